The number of rotatable bonds is 4. The summed E-state index contributed by atoms with van der Waals surface area (Å²) in [6, 6.07) is 3.27. The van der Waals surface area contributed by atoms with E-state index in [1.165, 1.54) is 18.2 Å². The lowest BCUT2D eigenvalue weighted by Gasteiger charge is -2.10. The number of nitro benzene ring substituents is 1. The van der Waals surface area contributed by atoms with Gasteiger partial charge in [0.15, 0.2) is 5.82 Å². The van der Waals surface area contributed by atoms with E-state index in [1.54, 1.807) is 6.92 Å². The number of nitrogens with one attached hydrogen (secondary N) is 1. The fourth-order valence-corrected chi connectivity index (χ4v) is 1.76. The van der Waals surface area contributed by atoms with Gasteiger partial charge in [-0.15, -0.1) is 0 Å². The minimum absolute atomic E-state index is 0.102. The van der Waals surface area contributed by atoms with Gasteiger partial charge in [0, 0.05) is 11.6 Å². The van der Waals surface area contributed by atoms with E-state index in [0.717, 1.165) is 6.39 Å². The van der Waals surface area contributed by atoms with E-state index >= 15 is 0 Å². The third-order valence-corrected chi connectivity index (χ3v) is 2.82. The number of carbonyl (C=O) groups excluding carboxylic acids is 1. The van der Waals surface area contributed by atoms with E-state index < -0.39 is 16.9 Å². The fourth-order valence-electron chi connectivity index (χ4n) is 1.51. The molecule has 0 fully saturated rings. The summed E-state index contributed by atoms with van der Waals surface area (Å²) in [4.78, 5) is 25.8. The van der Waals surface area contributed by atoms with Crippen molar-refractivity contribution in [3.8, 4) is 0 Å². The molecule has 1 N–H and O–H groups in total. The molecule has 1 heterocycles. The molecular weight excluding hydrogens is 288 g/mol. The molecule has 0 aliphatic heterocycles. The van der Waals surface area contributed by atoms with Gasteiger partial charge in [0.05, 0.1) is 11.0 Å². The first-order valence-electron chi connectivity index (χ1n) is 5.50. The Hall–Kier alpha value is -2.48. The third-order valence-electron chi connectivity index (χ3n) is 2.52. The highest BCUT2D eigenvalue weighted by Crippen LogP contribution is 2.25. The maximum absolute atomic E-state index is 12.0. The summed E-state index contributed by atoms with van der Waals surface area (Å²) in [7, 11) is 0. The van der Waals surface area contributed by atoms with Crippen molar-refractivity contribution in [2.45, 2.75) is 13.0 Å². The number of aromatic nitrogens is 2. The Balaban J connectivity index is 2.14. The van der Waals surface area contributed by atoms with Gasteiger partial charge in [0.25, 0.3) is 11.6 Å². The minimum atomic E-state index is -0.619. The smallest absolute Gasteiger partial charge is 0.287 e. The van der Waals surface area contributed by atoms with Crippen LogP contribution in [-0.2, 0) is 0 Å². The zero-order valence-corrected chi connectivity index (χ0v) is 11.0. The van der Waals surface area contributed by atoms with Gasteiger partial charge in [-0.2, -0.15) is 4.98 Å². The lowest BCUT2D eigenvalue weighted by Crippen LogP contribution is -2.27. The lowest BCUT2D eigenvalue weighted by molar-refractivity contribution is -0.384. The molecule has 0 saturated heterocycles. The molecular formula is C11H9ClN4O4. The summed E-state index contributed by atoms with van der Waals surface area (Å²) in [6.45, 7) is 1.68. The van der Waals surface area contributed by atoms with Gasteiger partial charge < -0.3 is 9.84 Å². The first-order valence-corrected chi connectivity index (χ1v) is 5.88. The normalized spacial score (nSPS) is 11.9. The van der Waals surface area contributed by atoms with Crippen LogP contribution in [0.25, 0.3) is 0 Å². The predicted octanol–water partition coefficient (Wildman–Crippen LogP) is 2.12. The summed E-state index contributed by atoms with van der Waals surface area (Å²) >= 11 is 5.74. The number of amides is 1. The Morgan fingerprint density at radius 3 is 2.85 bits per heavy atom. The molecule has 8 nitrogen and oxygen atoms in total. The highest BCUT2D eigenvalue weighted by molar-refractivity contribution is 6.33. The molecule has 9 heteroatoms. The Morgan fingerprint density at radius 2 is 2.30 bits per heavy atom. The number of hydrogen-bond donors (Lipinski definition) is 1. The average molecular weight is 297 g/mol. The number of hydrogen-bond acceptors (Lipinski definition) is 6. The van der Waals surface area contributed by atoms with Crippen LogP contribution >= 0.6 is 11.6 Å². The number of halogens is 1. The summed E-state index contributed by atoms with van der Waals surface area (Å²) < 4.78 is 4.58. The van der Waals surface area contributed by atoms with Gasteiger partial charge >= 0.3 is 0 Å². The Labute approximate surface area is 117 Å². The van der Waals surface area contributed by atoms with Gasteiger partial charge in [-0.25, -0.2) is 0 Å². The Bertz CT molecular complexity index is 644. The molecule has 0 aliphatic carbocycles. The van der Waals surface area contributed by atoms with Crippen LogP contribution < -0.4 is 5.32 Å². The number of nitro groups is 1. The van der Waals surface area contributed by atoms with Crippen LogP contribution in [-0.4, -0.2) is 21.0 Å². The molecule has 1 atom stereocenters. The summed E-state index contributed by atoms with van der Waals surface area (Å²) in [5.74, 6) is -0.120. The molecule has 20 heavy (non-hydrogen) atoms. The van der Waals surface area contributed by atoms with Crippen LogP contribution in [0.5, 0.6) is 0 Å². The van der Waals surface area contributed by atoms with Crippen molar-refractivity contribution in [2.24, 2.45) is 0 Å². The molecule has 1 aromatic carbocycles. The molecule has 0 unspecified atom stereocenters. The Morgan fingerprint density at radius 1 is 1.55 bits per heavy atom. The van der Waals surface area contributed by atoms with Crippen LogP contribution in [0.2, 0.25) is 5.02 Å². The molecule has 2 aromatic rings. The quantitative estimate of drug-likeness (QED) is 0.683. The molecule has 0 bridgehead atoms. The molecule has 2 rings (SSSR count). The van der Waals surface area contributed by atoms with Crippen molar-refractivity contribution in [1.82, 2.24) is 15.5 Å². The van der Waals surface area contributed by atoms with E-state index in [1.807, 2.05) is 0 Å². The highest BCUT2D eigenvalue weighted by atomic mass is 35.5. The average Bonchev–Trinajstić information content (AvgIpc) is 2.91. The first-order chi connectivity index (χ1) is 9.49. The lowest BCUT2D eigenvalue weighted by atomic mass is 10.2. The second-order valence-electron chi connectivity index (χ2n) is 3.91. The molecule has 0 saturated carbocycles. The van der Waals surface area contributed by atoms with E-state index in [4.69, 9.17) is 11.6 Å². The third kappa shape index (κ3) is 2.91. The van der Waals surface area contributed by atoms with Crippen molar-refractivity contribution in [2.75, 3.05) is 0 Å². The van der Waals surface area contributed by atoms with Gasteiger partial charge in [0.2, 0.25) is 6.39 Å². The van der Waals surface area contributed by atoms with E-state index in [9.17, 15) is 14.9 Å². The molecule has 0 radical (unpaired) electrons. The highest BCUT2D eigenvalue weighted by Gasteiger charge is 2.18. The SMILES string of the molecule is C[C@H](NC(=O)c1ccc([N+](=O)[O-])c(Cl)c1)c1ncon1. The van der Waals surface area contributed by atoms with E-state index in [0.29, 0.717) is 5.82 Å². The van der Waals surface area contributed by atoms with Crippen molar-refractivity contribution in [3.05, 3.63) is 51.1 Å². The maximum Gasteiger partial charge on any atom is 0.287 e. The number of nitrogens with zero attached hydrogens (tertiary/aromatic N) is 3. The summed E-state index contributed by atoms with van der Waals surface area (Å²) in [5.41, 5.74) is -0.0506. The predicted molar refractivity (Wildman–Crippen MR) is 68.3 cm³/mol. The Kier molecular flexibility index (Phi) is 3.94. The maximum atomic E-state index is 12.0. The zero-order valence-electron chi connectivity index (χ0n) is 10.2. The minimum Gasteiger partial charge on any atom is -0.343 e. The van der Waals surface area contributed by atoms with Crippen molar-refractivity contribution in [1.29, 1.82) is 0 Å². The first kappa shape index (κ1) is 13.9. The van der Waals surface area contributed by atoms with Gasteiger partial charge in [-0.05, 0) is 19.1 Å². The van der Waals surface area contributed by atoms with Gasteiger partial charge in [0.1, 0.15) is 5.02 Å². The zero-order chi connectivity index (χ0) is 14.7. The number of benzene rings is 1. The van der Waals surface area contributed by atoms with Crippen LogP contribution in [0.15, 0.2) is 29.1 Å². The molecule has 0 spiro atoms. The topological polar surface area (TPSA) is 111 Å². The molecule has 104 valence electrons. The van der Waals surface area contributed by atoms with Gasteiger partial charge in [-0.1, -0.05) is 16.8 Å². The summed E-state index contributed by atoms with van der Waals surface area (Å²) in [5, 5.41) is 16.8. The van der Waals surface area contributed by atoms with Crippen LogP contribution in [0.4, 0.5) is 5.69 Å². The largest absolute Gasteiger partial charge is 0.343 e. The standard InChI is InChI=1S/C11H9ClN4O4/c1-6(10-13-5-20-15-10)14-11(17)7-2-3-9(16(18)19)8(12)4-7/h2-6H,1H3,(H,14,17)/t6-/m0/s1. The molecule has 0 aliphatic rings. The van der Waals surface area contributed by atoms with Crippen LogP contribution in [0.1, 0.15) is 29.1 Å². The van der Waals surface area contributed by atoms with Gasteiger partial charge in [-0.3, -0.25) is 14.9 Å². The molecule has 1 aromatic heterocycles. The van der Waals surface area contributed by atoms with Crippen molar-refractivity contribution in [3.63, 3.8) is 0 Å². The number of carbonyl (C=O) groups is 1. The van der Waals surface area contributed by atoms with Crippen LogP contribution in [0.3, 0.4) is 0 Å². The van der Waals surface area contributed by atoms with E-state index in [2.05, 4.69) is 20.0 Å². The second-order valence-corrected chi connectivity index (χ2v) is 4.32. The second kappa shape index (κ2) is 5.66. The fraction of sp³-hybridized carbons (Fsp3) is 0.182. The van der Waals surface area contributed by atoms with Crippen LogP contribution in [0, 0.1) is 10.1 Å². The van der Waals surface area contributed by atoms with E-state index in [-0.39, 0.29) is 16.3 Å². The monoisotopic (exact) mass is 296 g/mol. The van der Waals surface area contributed by atoms with Crippen molar-refractivity contribution >= 4 is 23.2 Å². The summed E-state index contributed by atoms with van der Waals surface area (Å²) in [6.07, 6.45) is 1.15. The molecule has 1 amide bonds. The van der Waals surface area contributed by atoms with Crippen molar-refractivity contribution < 1.29 is 14.2 Å².